The van der Waals surface area contributed by atoms with Crippen LogP contribution >= 0.6 is 15.9 Å². The van der Waals surface area contributed by atoms with Gasteiger partial charge in [0.1, 0.15) is 5.75 Å². The average Bonchev–Trinajstić information content (AvgIpc) is 2.41. The standard InChI is InChI=1S/C16H18BrNO/c1-18-11-13(15-4-2-3-5-16(15)17)10-12-6-8-14(19)9-7-12/h2-9,13,18-19H,10-11H2,1H3. The molecule has 2 nitrogen and oxygen atoms in total. The third kappa shape index (κ3) is 3.82. The zero-order chi connectivity index (χ0) is 13.7. The van der Waals surface area contributed by atoms with Crippen molar-refractivity contribution in [1.29, 1.82) is 0 Å². The number of hydrogen-bond donors (Lipinski definition) is 2. The Morgan fingerprint density at radius 3 is 2.42 bits per heavy atom. The van der Waals surface area contributed by atoms with E-state index in [0.29, 0.717) is 11.7 Å². The fourth-order valence-electron chi connectivity index (χ4n) is 2.26. The van der Waals surface area contributed by atoms with Gasteiger partial charge in [0.05, 0.1) is 0 Å². The van der Waals surface area contributed by atoms with Gasteiger partial charge in [0, 0.05) is 16.9 Å². The second kappa shape index (κ2) is 6.73. The minimum Gasteiger partial charge on any atom is -0.508 e. The summed E-state index contributed by atoms with van der Waals surface area (Å²) in [5.41, 5.74) is 2.54. The molecule has 0 amide bonds. The quantitative estimate of drug-likeness (QED) is 0.880. The van der Waals surface area contributed by atoms with E-state index in [1.807, 2.05) is 25.2 Å². The topological polar surface area (TPSA) is 32.3 Å². The van der Waals surface area contributed by atoms with Crippen LogP contribution in [0.4, 0.5) is 0 Å². The molecule has 0 saturated heterocycles. The lowest BCUT2D eigenvalue weighted by atomic mass is 9.92. The first-order chi connectivity index (χ1) is 9.20. The number of phenols is 1. The zero-order valence-corrected chi connectivity index (χ0v) is 12.5. The molecule has 3 heteroatoms. The molecule has 0 aromatic heterocycles. The normalized spacial score (nSPS) is 12.3. The molecule has 1 unspecified atom stereocenters. The third-order valence-electron chi connectivity index (χ3n) is 3.21. The summed E-state index contributed by atoms with van der Waals surface area (Å²) >= 11 is 3.62. The number of aromatic hydroxyl groups is 1. The van der Waals surface area contributed by atoms with Crippen molar-refractivity contribution in [2.45, 2.75) is 12.3 Å². The first-order valence-electron chi connectivity index (χ1n) is 6.37. The molecule has 1 atom stereocenters. The molecule has 2 aromatic rings. The van der Waals surface area contributed by atoms with Crippen LogP contribution in [0.5, 0.6) is 5.75 Å². The van der Waals surface area contributed by atoms with Crippen LogP contribution in [0.3, 0.4) is 0 Å². The smallest absolute Gasteiger partial charge is 0.115 e. The molecule has 0 fully saturated rings. The van der Waals surface area contributed by atoms with Crippen LogP contribution in [-0.2, 0) is 6.42 Å². The van der Waals surface area contributed by atoms with Crippen LogP contribution < -0.4 is 5.32 Å². The molecule has 0 aliphatic rings. The van der Waals surface area contributed by atoms with Crippen LogP contribution in [0.2, 0.25) is 0 Å². The predicted octanol–water partition coefficient (Wildman–Crippen LogP) is 3.70. The fourth-order valence-corrected chi connectivity index (χ4v) is 2.87. The van der Waals surface area contributed by atoms with Crippen molar-refractivity contribution < 1.29 is 5.11 Å². The Morgan fingerprint density at radius 2 is 1.79 bits per heavy atom. The molecule has 2 rings (SSSR count). The summed E-state index contributed by atoms with van der Waals surface area (Å²) in [5.74, 6) is 0.722. The summed E-state index contributed by atoms with van der Waals surface area (Å²) in [6.07, 6.45) is 0.948. The van der Waals surface area contributed by atoms with Crippen molar-refractivity contribution in [2.75, 3.05) is 13.6 Å². The van der Waals surface area contributed by atoms with Crippen molar-refractivity contribution >= 4 is 15.9 Å². The first-order valence-corrected chi connectivity index (χ1v) is 7.17. The van der Waals surface area contributed by atoms with Crippen molar-refractivity contribution in [3.05, 3.63) is 64.1 Å². The Hall–Kier alpha value is -1.32. The second-order valence-corrected chi connectivity index (χ2v) is 5.50. The SMILES string of the molecule is CNCC(Cc1ccc(O)cc1)c1ccccc1Br. The average molecular weight is 320 g/mol. The summed E-state index contributed by atoms with van der Waals surface area (Å²) < 4.78 is 1.15. The lowest BCUT2D eigenvalue weighted by Gasteiger charge is -2.18. The van der Waals surface area contributed by atoms with Crippen LogP contribution in [0, 0.1) is 0 Å². The Labute approximate surface area is 122 Å². The molecule has 2 N–H and O–H groups in total. The minimum atomic E-state index is 0.315. The van der Waals surface area contributed by atoms with Crippen molar-refractivity contribution in [1.82, 2.24) is 5.32 Å². The molecule has 19 heavy (non-hydrogen) atoms. The largest absolute Gasteiger partial charge is 0.508 e. The Kier molecular flexibility index (Phi) is 5.00. The highest BCUT2D eigenvalue weighted by Gasteiger charge is 2.14. The molecular formula is C16H18BrNO. The van der Waals surface area contributed by atoms with Gasteiger partial charge in [-0.2, -0.15) is 0 Å². The Bertz CT molecular complexity index is 525. The molecule has 0 radical (unpaired) electrons. The van der Waals surface area contributed by atoms with Gasteiger partial charge in [0.15, 0.2) is 0 Å². The number of halogens is 1. The van der Waals surface area contributed by atoms with Gasteiger partial charge in [-0.05, 0) is 42.8 Å². The van der Waals surface area contributed by atoms with Crippen LogP contribution in [-0.4, -0.2) is 18.7 Å². The van der Waals surface area contributed by atoms with Gasteiger partial charge in [-0.25, -0.2) is 0 Å². The predicted molar refractivity (Wildman–Crippen MR) is 82.6 cm³/mol. The molecule has 0 aliphatic carbocycles. The van der Waals surface area contributed by atoms with Crippen LogP contribution in [0.1, 0.15) is 17.0 Å². The van der Waals surface area contributed by atoms with Gasteiger partial charge in [0.2, 0.25) is 0 Å². The van der Waals surface area contributed by atoms with Crippen molar-refractivity contribution in [3.63, 3.8) is 0 Å². The van der Waals surface area contributed by atoms with E-state index in [0.717, 1.165) is 17.4 Å². The maximum absolute atomic E-state index is 9.34. The van der Waals surface area contributed by atoms with Gasteiger partial charge >= 0.3 is 0 Å². The van der Waals surface area contributed by atoms with Gasteiger partial charge in [-0.15, -0.1) is 0 Å². The van der Waals surface area contributed by atoms with E-state index in [-0.39, 0.29) is 0 Å². The monoisotopic (exact) mass is 319 g/mol. The maximum atomic E-state index is 9.34. The lowest BCUT2D eigenvalue weighted by molar-refractivity contribution is 0.475. The van der Waals surface area contributed by atoms with Crippen molar-refractivity contribution in [3.8, 4) is 5.75 Å². The van der Waals surface area contributed by atoms with Crippen molar-refractivity contribution in [2.24, 2.45) is 0 Å². The Balaban J connectivity index is 2.21. The van der Waals surface area contributed by atoms with Gasteiger partial charge in [0.25, 0.3) is 0 Å². The summed E-state index contributed by atoms with van der Waals surface area (Å²) in [6, 6.07) is 15.8. The molecule has 0 saturated carbocycles. The summed E-state index contributed by atoms with van der Waals surface area (Å²) in [5, 5.41) is 12.6. The van der Waals surface area contributed by atoms with Crippen LogP contribution in [0.25, 0.3) is 0 Å². The first kappa shape index (κ1) is 14.1. The number of nitrogens with one attached hydrogen (secondary N) is 1. The molecule has 0 bridgehead atoms. The highest BCUT2D eigenvalue weighted by molar-refractivity contribution is 9.10. The van der Waals surface area contributed by atoms with E-state index in [1.165, 1.54) is 11.1 Å². The lowest BCUT2D eigenvalue weighted by Crippen LogP contribution is -2.19. The van der Waals surface area contributed by atoms with E-state index in [1.54, 1.807) is 12.1 Å². The van der Waals surface area contributed by atoms with E-state index in [2.05, 4.69) is 39.4 Å². The molecule has 2 aromatic carbocycles. The number of benzene rings is 2. The summed E-state index contributed by atoms with van der Waals surface area (Å²) in [7, 11) is 1.97. The van der Waals surface area contributed by atoms with Gasteiger partial charge in [-0.1, -0.05) is 46.3 Å². The number of hydrogen-bond acceptors (Lipinski definition) is 2. The fraction of sp³-hybridized carbons (Fsp3) is 0.250. The minimum absolute atomic E-state index is 0.315. The van der Waals surface area contributed by atoms with Gasteiger partial charge in [-0.3, -0.25) is 0 Å². The summed E-state index contributed by atoms with van der Waals surface area (Å²) in [6.45, 7) is 0.920. The molecule has 0 spiro atoms. The van der Waals surface area contributed by atoms with E-state index < -0.39 is 0 Å². The summed E-state index contributed by atoms with van der Waals surface area (Å²) in [4.78, 5) is 0. The number of phenolic OH excluding ortho intramolecular Hbond substituents is 1. The third-order valence-corrected chi connectivity index (χ3v) is 3.94. The maximum Gasteiger partial charge on any atom is 0.115 e. The number of likely N-dealkylation sites (N-methyl/N-ethyl adjacent to an activating group) is 1. The molecule has 0 aliphatic heterocycles. The van der Waals surface area contributed by atoms with Crippen LogP contribution in [0.15, 0.2) is 53.0 Å². The highest BCUT2D eigenvalue weighted by Crippen LogP contribution is 2.27. The zero-order valence-electron chi connectivity index (χ0n) is 10.9. The van der Waals surface area contributed by atoms with E-state index >= 15 is 0 Å². The van der Waals surface area contributed by atoms with Gasteiger partial charge < -0.3 is 10.4 Å². The highest BCUT2D eigenvalue weighted by atomic mass is 79.9. The molecule has 0 heterocycles. The van der Waals surface area contributed by atoms with E-state index in [9.17, 15) is 5.11 Å². The molecular weight excluding hydrogens is 302 g/mol. The Morgan fingerprint density at radius 1 is 1.11 bits per heavy atom. The molecule has 100 valence electrons. The van der Waals surface area contributed by atoms with E-state index in [4.69, 9.17) is 0 Å². The second-order valence-electron chi connectivity index (χ2n) is 4.65. The number of rotatable bonds is 5.